The lowest BCUT2D eigenvalue weighted by Crippen LogP contribution is -2.35. The van der Waals surface area contributed by atoms with E-state index < -0.39 is 0 Å². The summed E-state index contributed by atoms with van der Waals surface area (Å²) in [5, 5.41) is 22.4. The number of aryl methyl sites for hydroxylation is 1. The van der Waals surface area contributed by atoms with Crippen LogP contribution in [-0.4, -0.2) is 20.7 Å². The van der Waals surface area contributed by atoms with Gasteiger partial charge in [0.05, 0.1) is 12.3 Å². The van der Waals surface area contributed by atoms with Gasteiger partial charge in [-0.3, -0.25) is 4.98 Å². The third-order valence-corrected chi connectivity index (χ3v) is 2.40. The SMILES string of the molecule is Cc1ncc(CO)c(CNC(C)(C)C)c1O. The molecule has 0 aliphatic rings. The average molecular weight is 224 g/mol. The van der Waals surface area contributed by atoms with E-state index in [2.05, 4.69) is 31.1 Å². The van der Waals surface area contributed by atoms with Crippen LogP contribution < -0.4 is 5.32 Å². The number of aromatic hydroxyl groups is 1. The summed E-state index contributed by atoms with van der Waals surface area (Å²) >= 11 is 0. The van der Waals surface area contributed by atoms with E-state index in [0.717, 1.165) is 5.56 Å². The van der Waals surface area contributed by atoms with Crippen LogP contribution in [0.1, 0.15) is 37.6 Å². The Hall–Kier alpha value is -1.13. The molecule has 0 unspecified atom stereocenters. The van der Waals surface area contributed by atoms with Crippen LogP contribution >= 0.6 is 0 Å². The highest BCUT2D eigenvalue weighted by Gasteiger charge is 2.14. The maximum atomic E-state index is 9.89. The Morgan fingerprint density at radius 1 is 1.38 bits per heavy atom. The van der Waals surface area contributed by atoms with Crippen molar-refractivity contribution in [2.45, 2.75) is 46.4 Å². The second-order valence-electron chi connectivity index (χ2n) is 4.96. The first-order valence-corrected chi connectivity index (χ1v) is 5.37. The van der Waals surface area contributed by atoms with E-state index in [9.17, 15) is 10.2 Å². The van der Waals surface area contributed by atoms with Crippen LogP contribution in [0.15, 0.2) is 6.20 Å². The lowest BCUT2D eigenvalue weighted by atomic mass is 10.0. The standard InChI is InChI=1S/C12H20N2O2/c1-8-11(16)10(6-14-12(2,3)4)9(7-15)5-13-8/h5,14-16H,6-7H2,1-4H3. The third kappa shape index (κ3) is 3.18. The van der Waals surface area contributed by atoms with E-state index in [1.165, 1.54) is 0 Å². The molecule has 0 saturated carbocycles. The molecule has 1 aromatic rings. The summed E-state index contributed by atoms with van der Waals surface area (Å²) in [6.07, 6.45) is 1.61. The lowest BCUT2D eigenvalue weighted by Gasteiger charge is -2.22. The van der Waals surface area contributed by atoms with Crippen LogP contribution in [-0.2, 0) is 13.2 Å². The van der Waals surface area contributed by atoms with Crippen LogP contribution in [0.2, 0.25) is 0 Å². The monoisotopic (exact) mass is 224 g/mol. The zero-order valence-corrected chi connectivity index (χ0v) is 10.3. The van der Waals surface area contributed by atoms with Gasteiger partial charge in [0.15, 0.2) is 0 Å². The van der Waals surface area contributed by atoms with Gasteiger partial charge in [-0.15, -0.1) is 0 Å². The molecular formula is C12H20N2O2. The first-order valence-electron chi connectivity index (χ1n) is 5.37. The fourth-order valence-electron chi connectivity index (χ4n) is 1.37. The first-order chi connectivity index (χ1) is 7.35. The van der Waals surface area contributed by atoms with Gasteiger partial charge in [-0.2, -0.15) is 0 Å². The molecule has 90 valence electrons. The van der Waals surface area contributed by atoms with Crippen molar-refractivity contribution in [1.29, 1.82) is 0 Å². The first kappa shape index (κ1) is 12.9. The highest BCUT2D eigenvalue weighted by Crippen LogP contribution is 2.24. The Balaban J connectivity index is 2.97. The largest absolute Gasteiger partial charge is 0.506 e. The van der Waals surface area contributed by atoms with Crippen molar-refractivity contribution in [1.82, 2.24) is 10.3 Å². The summed E-state index contributed by atoms with van der Waals surface area (Å²) in [5.74, 6) is 0.170. The van der Waals surface area contributed by atoms with Crippen molar-refractivity contribution in [3.05, 3.63) is 23.0 Å². The Kier molecular flexibility index (Phi) is 3.88. The van der Waals surface area contributed by atoms with Gasteiger partial charge in [0.25, 0.3) is 0 Å². The van der Waals surface area contributed by atoms with Gasteiger partial charge in [-0.05, 0) is 27.7 Å². The molecule has 0 bridgehead atoms. The summed E-state index contributed by atoms with van der Waals surface area (Å²) in [6.45, 7) is 8.32. The molecule has 4 nitrogen and oxygen atoms in total. The number of aliphatic hydroxyl groups is 1. The summed E-state index contributed by atoms with van der Waals surface area (Å²) in [5.41, 5.74) is 1.95. The lowest BCUT2D eigenvalue weighted by molar-refractivity contribution is 0.277. The highest BCUT2D eigenvalue weighted by atomic mass is 16.3. The minimum atomic E-state index is -0.109. The van der Waals surface area contributed by atoms with E-state index in [1.54, 1.807) is 13.1 Å². The Morgan fingerprint density at radius 3 is 2.50 bits per heavy atom. The number of hydrogen-bond acceptors (Lipinski definition) is 4. The normalized spacial score (nSPS) is 11.8. The number of nitrogens with one attached hydrogen (secondary N) is 1. The number of aromatic nitrogens is 1. The summed E-state index contributed by atoms with van der Waals surface area (Å²) in [4.78, 5) is 4.02. The van der Waals surface area contributed by atoms with Crippen molar-refractivity contribution in [2.75, 3.05) is 0 Å². The molecule has 3 N–H and O–H groups in total. The van der Waals surface area contributed by atoms with Crippen LogP contribution in [0.5, 0.6) is 5.75 Å². The van der Waals surface area contributed by atoms with Crippen molar-refractivity contribution < 1.29 is 10.2 Å². The Labute approximate surface area is 96.3 Å². The van der Waals surface area contributed by atoms with Gasteiger partial charge >= 0.3 is 0 Å². The smallest absolute Gasteiger partial charge is 0.141 e. The number of hydrogen-bond donors (Lipinski definition) is 3. The van der Waals surface area contributed by atoms with Crippen molar-refractivity contribution in [3.8, 4) is 5.75 Å². The number of aliphatic hydroxyl groups excluding tert-OH is 1. The van der Waals surface area contributed by atoms with Crippen LogP contribution in [0.3, 0.4) is 0 Å². The third-order valence-electron chi connectivity index (χ3n) is 2.40. The van der Waals surface area contributed by atoms with Crippen molar-refractivity contribution in [3.63, 3.8) is 0 Å². The van der Waals surface area contributed by atoms with E-state index in [4.69, 9.17) is 0 Å². The maximum absolute atomic E-state index is 9.89. The minimum absolute atomic E-state index is 0.0314. The second kappa shape index (κ2) is 4.80. The maximum Gasteiger partial charge on any atom is 0.141 e. The molecule has 0 aliphatic heterocycles. The Morgan fingerprint density at radius 2 is 2.00 bits per heavy atom. The van der Waals surface area contributed by atoms with E-state index in [0.29, 0.717) is 17.8 Å². The molecule has 0 amide bonds. The molecule has 0 fully saturated rings. The molecule has 0 aliphatic carbocycles. The molecule has 0 atom stereocenters. The quantitative estimate of drug-likeness (QED) is 0.727. The molecule has 0 aromatic carbocycles. The molecule has 0 spiro atoms. The predicted octanol–water partition coefficient (Wildman–Crippen LogP) is 1.48. The number of rotatable bonds is 3. The average Bonchev–Trinajstić information content (AvgIpc) is 2.19. The van der Waals surface area contributed by atoms with Gasteiger partial charge in [-0.1, -0.05) is 0 Å². The minimum Gasteiger partial charge on any atom is -0.506 e. The van der Waals surface area contributed by atoms with Gasteiger partial charge in [0.1, 0.15) is 5.75 Å². The van der Waals surface area contributed by atoms with E-state index in [-0.39, 0.29) is 17.9 Å². The fraction of sp³-hybridized carbons (Fsp3) is 0.583. The van der Waals surface area contributed by atoms with Crippen molar-refractivity contribution in [2.24, 2.45) is 0 Å². The van der Waals surface area contributed by atoms with Crippen LogP contribution in [0, 0.1) is 6.92 Å². The van der Waals surface area contributed by atoms with Crippen molar-refractivity contribution >= 4 is 0 Å². The van der Waals surface area contributed by atoms with Crippen LogP contribution in [0.4, 0.5) is 0 Å². The van der Waals surface area contributed by atoms with Gasteiger partial charge in [0, 0.05) is 29.4 Å². The second-order valence-corrected chi connectivity index (χ2v) is 4.96. The topological polar surface area (TPSA) is 65.4 Å². The highest BCUT2D eigenvalue weighted by molar-refractivity contribution is 5.40. The molecule has 0 radical (unpaired) electrons. The molecular weight excluding hydrogens is 204 g/mol. The summed E-state index contributed by atoms with van der Waals surface area (Å²) in [7, 11) is 0. The van der Waals surface area contributed by atoms with Gasteiger partial charge in [0.2, 0.25) is 0 Å². The molecule has 1 heterocycles. The Bertz CT molecular complexity index is 370. The molecule has 4 heteroatoms. The number of nitrogens with zero attached hydrogens (tertiary/aromatic N) is 1. The summed E-state index contributed by atoms with van der Waals surface area (Å²) < 4.78 is 0. The summed E-state index contributed by atoms with van der Waals surface area (Å²) in [6, 6.07) is 0. The zero-order chi connectivity index (χ0) is 12.3. The fourth-order valence-corrected chi connectivity index (χ4v) is 1.37. The van der Waals surface area contributed by atoms with E-state index >= 15 is 0 Å². The van der Waals surface area contributed by atoms with Gasteiger partial charge in [-0.25, -0.2) is 0 Å². The molecule has 1 rings (SSSR count). The number of pyridine rings is 1. The molecule has 0 saturated heterocycles. The zero-order valence-electron chi connectivity index (χ0n) is 10.3. The molecule has 16 heavy (non-hydrogen) atoms. The van der Waals surface area contributed by atoms with Crippen LogP contribution in [0.25, 0.3) is 0 Å². The van der Waals surface area contributed by atoms with E-state index in [1.807, 2.05) is 0 Å². The van der Waals surface area contributed by atoms with Gasteiger partial charge < -0.3 is 15.5 Å². The predicted molar refractivity (Wildman–Crippen MR) is 63.2 cm³/mol. The molecule has 1 aromatic heterocycles.